The van der Waals surface area contributed by atoms with Gasteiger partial charge in [0.2, 0.25) is 5.91 Å². The first-order valence-electron chi connectivity index (χ1n) is 10.7. The van der Waals surface area contributed by atoms with Gasteiger partial charge in [0, 0.05) is 45.3 Å². The van der Waals surface area contributed by atoms with Crippen LogP contribution in [0.1, 0.15) is 39.0 Å². The van der Waals surface area contributed by atoms with Crippen LogP contribution < -0.4 is 9.80 Å². The topological polar surface area (TPSA) is 30.0 Å². The fourth-order valence-corrected chi connectivity index (χ4v) is 4.98. The van der Waals surface area contributed by atoms with Crippen molar-refractivity contribution in [2.45, 2.75) is 51.1 Å². The van der Waals surface area contributed by atoms with Crippen molar-refractivity contribution in [3.05, 3.63) is 24.3 Å². The number of hydrogen-bond donors (Lipinski definition) is 0. The lowest BCUT2D eigenvalue weighted by atomic mass is 9.93. The molecule has 5 heteroatoms. The van der Waals surface area contributed by atoms with E-state index < -0.39 is 0 Å². The van der Waals surface area contributed by atoms with E-state index in [0.717, 1.165) is 45.0 Å². The maximum atomic E-state index is 13.4. The summed E-state index contributed by atoms with van der Waals surface area (Å²) in [5.74, 6) is 0.260. The first kappa shape index (κ1) is 18.8. The van der Waals surface area contributed by atoms with Crippen molar-refractivity contribution in [2.75, 3.05) is 56.1 Å². The van der Waals surface area contributed by atoms with E-state index in [4.69, 9.17) is 0 Å². The first-order chi connectivity index (χ1) is 13.1. The van der Waals surface area contributed by atoms with Crippen molar-refractivity contribution in [2.24, 2.45) is 0 Å². The molecule has 5 nitrogen and oxygen atoms in total. The van der Waals surface area contributed by atoms with E-state index in [0.29, 0.717) is 6.04 Å². The van der Waals surface area contributed by atoms with Gasteiger partial charge in [0.15, 0.2) is 0 Å². The Morgan fingerprint density at radius 2 is 1.59 bits per heavy atom. The summed E-state index contributed by atoms with van der Waals surface area (Å²) in [7, 11) is 2.16. The Labute approximate surface area is 163 Å². The lowest BCUT2D eigenvalue weighted by molar-refractivity contribution is -0.123. The third-order valence-corrected chi connectivity index (χ3v) is 6.77. The zero-order valence-corrected chi connectivity index (χ0v) is 16.9. The highest BCUT2D eigenvalue weighted by molar-refractivity contribution is 6.00. The minimum Gasteiger partial charge on any atom is -0.365 e. The number of fused-ring (bicyclic) bond motifs is 1. The maximum Gasteiger partial charge on any atom is 0.244 e. The molecule has 1 aromatic rings. The second-order valence-electron chi connectivity index (χ2n) is 8.48. The number of nitrogens with zero attached hydrogens (tertiary/aromatic N) is 4. The highest BCUT2D eigenvalue weighted by Gasteiger charge is 2.34. The van der Waals surface area contributed by atoms with E-state index in [1.54, 1.807) is 0 Å². The van der Waals surface area contributed by atoms with Crippen molar-refractivity contribution in [3.63, 3.8) is 0 Å². The molecule has 148 valence electrons. The molecule has 1 aliphatic carbocycles. The van der Waals surface area contributed by atoms with Crippen LogP contribution in [0.25, 0.3) is 0 Å². The Kier molecular flexibility index (Phi) is 5.69. The molecule has 0 N–H and O–H groups in total. The van der Waals surface area contributed by atoms with Gasteiger partial charge >= 0.3 is 0 Å². The minimum absolute atomic E-state index is 0.0482. The van der Waals surface area contributed by atoms with Gasteiger partial charge in [0.1, 0.15) is 0 Å². The van der Waals surface area contributed by atoms with Gasteiger partial charge in [0.05, 0.1) is 17.4 Å². The van der Waals surface area contributed by atoms with Crippen molar-refractivity contribution in [3.8, 4) is 0 Å². The van der Waals surface area contributed by atoms with Crippen LogP contribution >= 0.6 is 0 Å². The van der Waals surface area contributed by atoms with Gasteiger partial charge < -0.3 is 14.7 Å². The van der Waals surface area contributed by atoms with Crippen molar-refractivity contribution < 1.29 is 4.79 Å². The Morgan fingerprint density at radius 1 is 0.926 bits per heavy atom. The van der Waals surface area contributed by atoms with Crippen LogP contribution in [0.15, 0.2) is 24.3 Å². The first-order valence-corrected chi connectivity index (χ1v) is 10.7. The van der Waals surface area contributed by atoms with Gasteiger partial charge in [-0.2, -0.15) is 0 Å². The van der Waals surface area contributed by atoms with Crippen molar-refractivity contribution >= 4 is 17.3 Å². The van der Waals surface area contributed by atoms with Gasteiger partial charge in [-0.25, -0.2) is 0 Å². The molecule has 1 aromatic carbocycles. The summed E-state index contributed by atoms with van der Waals surface area (Å²) in [5, 5.41) is 0. The highest BCUT2D eigenvalue weighted by atomic mass is 16.2. The predicted molar refractivity (Wildman–Crippen MR) is 112 cm³/mol. The van der Waals surface area contributed by atoms with Crippen molar-refractivity contribution in [1.82, 2.24) is 9.80 Å². The van der Waals surface area contributed by atoms with E-state index in [9.17, 15) is 4.79 Å². The standard InChI is InChI=1S/C22H34N4O/c1-18(24-14-12-23(2)13-15-24)22(27)26-17-16-25(19-8-4-3-5-9-19)20-10-6-7-11-21(20)26/h6-7,10-11,18-19H,3-5,8-9,12-17H2,1-2H3. The van der Waals surface area contributed by atoms with Crippen LogP contribution in [-0.4, -0.2) is 74.1 Å². The summed E-state index contributed by atoms with van der Waals surface area (Å²) < 4.78 is 0. The van der Waals surface area contributed by atoms with E-state index >= 15 is 0 Å². The summed E-state index contributed by atoms with van der Waals surface area (Å²) in [5.41, 5.74) is 2.37. The zero-order chi connectivity index (χ0) is 18.8. The number of para-hydroxylation sites is 2. The molecule has 1 atom stereocenters. The third-order valence-electron chi connectivity index (χ3n) is 6.77. The van der Waals surface area contributed by atoms with Crippen LogP contribution in [0.5, 0.6) is 0 Å². The Morgan fingerprint density at radius 3 is 2.30 bits per heavy atom. The summed E-state index contributed by atoms with van der Waals surface area (Å²) in [6, 6.07) is 9.14. The second-order valence-corrected chi connectivity index (χ2v) is 8.48. The molecule has 27 heavy (non-hydrogen) atoms. The molecule has 0 bridgehead atoms. The van der Waals surface area contributed by atoms with E-state index in [1.807, 2.05) is 0 Å². The molecule has 1 saturated heterocycles. The normalized spacial score (nSPS) is 23.9. The van der Waals surface area contributed by atoms with Crippen LogP contribution in [0.3, 0.4) is 0 Å². The number of anilines is 2. The van der Waals surface area contributed by atoms with Crippen LogP contribution in [0.2, 0.25) is 0 Å². The number of carbonyl (C=O) groups is 1. The summed E-state index contributed by atoms with van der Waals surface area (Å²) >= 11 is 0. The lowest BCUT2D eigenvalue weighted by Gasteiger charge is -2.45. The predicted octanol–water partition coefficient (Wildman–Crippen LogP) is 2.81. The maximum absolute atomic E-state index is 13.4. The van der Waals surface area contributed by atoms with E-state index in [-0.39, 0.29) is 11.9 Å². The monoisotopic (exact) mass is 370 g/mol. The average Bonchev–Trinajstić information content (AvgIpc) is 2.73. The van der Waals surface area contributed by atoms with Crippen LogP contribution in [0.4, 0.5) is 11.4 Å². The average molecular weight is 371 g/mol. The molecule has 3 aliphatic rings. The SMILES string of the molecule is CC(C(=O)N1CCN(C2CCCCC2)c2ccccc21)N1CCN(C)CC1. The molecule has 0 spiro atoms. The van der Waals surface area contributed by atoms with Gasteiger partial charge in [0.25, 0.3) is 0 Å². The zero-order valence-electron chi connectivity index (χ0n) is 16.9. The van der Waals surface area contributed by atoms with Crippen LogP contribution in [-0.2, 0) is 4.79 Å². The molecule has 1 unspecified atom stereocenters. The summed E-state index contributed by atoms with van der Waals surface area (Å²) in [6.07, 6.45) is 6.64. The largest absolute Gasteiger partial charge is 0.365 e. The number of rotatable bonds is 3. The lowest BCUT2D eigenvalue weighted by Crippen LogP contribution is -2.56. The number of piperazine rings is 1. The minimum atomic E-state index is -0.0482. The van der Waals surface area contributed by atoms with Crippen molar-refractivity contribution in [1.29, 1.82) is 0 Å². The van der Waals surface area contributed by atoms with Gasteiger partial charge in [-0.15, -0.1) is 0 Å². The molecule has 1 amide bonds. The Hall–Kier alpha value is -1.59. The van der Waals surface area contributed by atoms with Crippen LogP contribution in [0, 0.1) is 0 Å². The van der Waals surface area contributed by atoms with Gasteiger partial charge in [-0.05, 0) is 38.9 Å². The summed E-state index contributed by atoms with van der Waals surface area (Å²) in [4.78, 5) is 22.7. The molecule has 2 aliphatic heterocycles. The molecular formula is C22H34N4O. The number of hydrogen-bond acceptors (Lipinski definition) is 4. The third kappa shape index (κ3) is 3.85. The van der Waals surface area contributed by atoms with Gasteiger partial charge in [-0.3, -0.25) is 9.69 Å². The molecule has 4 rings (SSSR count). The molecule has 2 heterocycles. The number of amides is 1. The molecule has 0 aromatic heterocycles. The molecular weight excluding hydrogens is 336 g/mol. The Bertz CT molecular complexity index is 649. The quantitative estimate of drug-likeness (QED) is 0.818. The highest BCUT2D eigenvalue weighted by Crippen LogP contribution is 2.37. The molecule has 2 fully saturated rings. The fourth-order valence-electron chi connectivity index (χ4n) is 4.98. The van der Waals surface area contributed by atoms with Gasteiger partial charge in [-0.1, -0.05) is 31.4 Å². The molecule has 0 radical (unpaired) electrons. The number of carbonyl (C=O) groups excluding carboxylic acids is 1. The van der Waals surface area contributed by atoms with E-state index in [1.165, 1.54) is 37.8 Å². The summed E-state index contributed by atoms with van der Waals surface area (Å²) in [6.45, 7) is 7.91. The number of benzene rings is 1. The molecule has 1 saturated carbocycles. The number of likely N-dealkylation sites (N-methyl/N-ethyl adjacent to an activating group) is 1. The smallest absolute Gasteiger partial charge is 0.244 e. The van der Waals surface area contributed by atoms with E-state index in [2.05, 4.69) is 57.8 Å². The Balaban J connectivity index is 1.52. The second kappa shape index (κ2) is 8.19. The fraction of sp³-hybridized carbons (Fsp3) is 0.682.